The molecule has 1 aromatic heterocycles. The van der Waals surface area contributed by atoms with Gasteiger partial charge in [0.1, 0.15) is 0 Å². The highest BCUT2D eigenvalue weighted by Gasteiger charge is 2.23. The molecule has 1 aliphatic heterocycles. The number of nitrogens with one attached hydrogen (secondary N) is 2. The normalized spacial score (nSPS) is 18.8. The smallest absolute Gasteiger partial charge is 0.209 e. The van der Waals surface area contributed by atoms with Crippen molar-refractivity contribution in [1.82, 2.24) is 19.4 Å². The number of hydrogen-bond donors (Lipinski definition) is 2. The molecule has 0 saturated carbocycles. The first kappa shape index (κ1) is 19.4. The summed E-state index contributed by atoms with van der Waals surface area (Å²) in [6.07, 6.45) is 3.00. The predicted octanol–water partition coefficient (Wildman–Crippen LogP) is 2.70. The first-order chi connectivity index (χ1) is 12.3. The molecule has 0 amide bonds. The summed E-state index contributed by atoms with van der Waals surface area (Å²) in [6, 6.07) is 8.05. The van der Waals surface area contributed by atoms with Crippen molar-refractivity contribution in [3.8, 4) is 0 Å². The molecule has 1 unspecified atom stereocenters. The lowest BCUT2D eigenvalue weighted by Crippen LogP contribution is -2.47. The van der Waals surface area contributed by atoms with Gasteiger partial charge in [0.05, 0.1) is 12.9 Å². The maximum atomic E-state index is 11.4. The highest BCUT2D eigenvalue weighted by molar-refractivity contribution is 7.88. The van der Waals surface area contributed by atoms with E-state index in [2.05, 4.69) is 20.0 Å². The molecule has 0 spiro atoms. The monoisotopic (exact) mass is 413 g/mol. The van der Waals surface area contributed by atoms with E-state index in [0.717, 1.165) is 30.2 Å². The van der Waals surface area contributed by atoms with E-state index in [1.807, 2.05) is 31.2 Å². The summed E-state index contributed by atoms with van der Waals surface area (Å²) in [5.41, 5.74) is 2.18. The van der Waals surface area contributed by atoms with Crippen LogP contribution in [-0.4, -0.2) is 48.5 Å². The van der Waals surface area contributed by atoms with Crippen LogP contribution in [0, 0.1) is 10.9 Å². The van der Waals surface area contributed by atoms with E-state index in [1.54, 1.807) is 4.68 Å². The van der Waals surface area contributed by atoms with E-state index < -0.39 is 10.0 Å². The first-order valence-electron chi connectivity index (χ1n) is 8.40. The zero-order valence-corrected chi connectivity index (χ0v) is 17.3. The zero-order valence-electron chi connectivity index (χ0n) is 14.8. The molecular formula is C16H23N5O2S3. The maximum absolute atomic E-state index is 11.4. The molecule has 10 heteroatoms. The molecule has 2 heterocycles. The van der Waals surface area contributed by atoms with E-state index in [0.29, 0.717) is 17.2 Å². The fourth-order valence-electron chi connectivity index (χ4n) is 2.98. The Hall–Kier alpha value is -1.33. The van der Waals surface area contributed by atoms with Crippen molar-refractivity contribution in [2.45, 2.75) is 32.5 Å². The topological polar surface area (TPSA) is 79.3 Å². The third-order valence-electron chi connectivity index (χ3n) is 4.13. The van der Waals surface area contributed by atoms with Crippen molar-refractivity contribution in [2.24, 2.45) is 0 Å². The lowest BCUT2D eigenvalue weighted by Gasteiger charge is -2.32. The number of likely N-dealkylation sites (tertiary alicyclic amines) is 1. The van der Waals surface area contributed by atoms with Crippen LogP contribution in [0.5, 0.6) is 0 Å². The Labute approximate surface area is 163 Å². The standard InChI is InChI=1S/C16H23N5O2S3/c1-12-5-7-13(8-6-12)17-15-18-21(16(24)25-15)11-20-9-3-4-14(10-20)19-26(2,22)23/h5-8,14,19H,3-4,9-11H2,1-2H3,(H,17,18). The molecule has 1 aromatic carbocycles. The Morgan fingerprint density at radius 2 is 2.08 bits per heavy atom. The van der Waals surface area contributed by atoms with Gasteiger partial charge in [-0.15, -0.1) is 5.10 Å². The van der Waals surface area contributed by atoms with Crippen LogP contribution in [0.1, 0.15) is 18.4 Å². The minimum Gasteiger partial charge on any atom is -0.330 e. The number of hydrogen-bond acceptors (Lipinski definition) is 7. The van der Waals surface area contributed by atoms with Crippen LogP contribution >= 0.6 is 23.6 Å². The zero-order chi connectivity index (χ0) is 18.7. The third kappa shape index (κ3) is 5.58. The van der Waals surface area contributed by atoms with Gasteiger partial charge in [0.2, 0.25) is 15.2 Å². The van der Waals surface area contributed by atoms with Crippen molar-refractivity contribution >= 4 is 44.4 Å². The molecule has 142 valence electrons. The molecule has 3 rings (SSSR count). The summed E-state index contributed by atoms with van der Waals surface area (Å²) >= 11 is 6.87. The number of aromatic nitrogens is 2. The first-order valence-corrected chi connectivity index (χ1v) is 11.5. The van der Waals surface area contributed by atoms with E-state index in [4.69, 9.17) is 12.2 Å². The largest absolute Gasteiger partial charge is 0.330 e. The Bertz CT molecular complexity index is 905. The van der Waals surface area contributed by atoms with Crippen LogP contribution in [0.3, 0.4) is 0 Å². The molecule has 2 N–H and O–H groups in total. The van der Waals surface area contributed by atoms with Crippen molar-refractivity contribution in [1.29, 1.82) is 0 Å². The second kappa shape index (κ2) is 8.13. The summed E-state index contributed by atoms with van der Waals surface area (Å²) in [4.78, 5) is 2.18. The van der Waals surface area contributed by atoms with Gasteiger partial charge in [0, 0.05) is 24.8 Å². The minimum absolute atomic E-state index is 0.0586. The summed E-state index contributed by atoms with van der Waals surface area (Å²) in [5, 5.41) is 8.59. The molecule has 7 nitrogen and oxygen atoms in total. The number of aryl methyl sites for hydroxylation is 1. The van der Waals surface area contributed by atoms with E-state index in [-0.39, 0.29) is 6.04 Å². The van der Waals surface area contributed by atoms with Crippen LogP contribution in [-0.2, 0) is 16.7 Å². The molecule has 1 saturated heterocycles. The van der Waals surface area contributed by atoms with Crippen LogP contribution in [0.4, 0.5) is 10.8 Å². The van der Waals surface area contributed by atoms with E-state index >= 15 is 0 Å². The fourth-order valence-corrected chi connectivity index (χ4v) is 4.79. The lowest BCUT2D eigenvalue weighted by molar-refractivity contribution is 0.153. The molecule has 0 bridgehead atoms. The van der Waals surface area contributed by atoms with Gasteiger partial charge in [-0.25, -0.2) is 17.8 Å². The summed E-state index contributed by atoms with van der Waals surface area (Å²) in [6.45, 7) is 4.18. The second-order valence-corrected chi connectivity index (χ2v) is 10.0. The fraction of sp³-hybridized carbons (Fsp3) is 0.500. The molecule has 0 radical (unpaired) electrons. The molecule has 1 atom stereocenters. The molecular weight excluding hydrogens is 390 g/mol. The minimum atomic E-state index is -3.19. The quantitative estimate of drug-likeness (QED) is 0.709. The van der Waals surface area contributed by atoms with Gasteiger partial charge in [0.25, 0.3) is 0 Å². The highest BCUT2D eigenvalue weighted by Crippen LogP contribution is 2.21. The average Bonchev–Trinajstić information content (AvgIpc) is 2.88. The van der Waals surface area contributed by atoms with Crippen molar-refractivity contribution < 1.29 is 8.42 Å². The Balaban J connectivity index is 1.64. The van der Waals surface area contributed by atoms with Gasteiger partial charge in [-0.3, -0.25) is 4.90 Å². The molecule has 26 heavy (non-hydrogen) atoms. The van der Waals surface area contributed by atoms with Crippen LogP contribution in [0.15, 0.2) is 24.3 Å². The predicted molar refractivity (Wildman–Crippen MR) is 108 cm³/mol. The van der Waals surface area contributed by atoms with Crippen LogP contribution in [0.25, 0.3) is 0 Å². The average molecular weight is 414 g/mol. The summed E-state index contributed by atoms with van der Waals surface area (Å²) in [5.74, 6) is 0. The van der Waals surface area contributed by atoms with Gasteiger partial charge >= 0.3 is 0 Å². The number of anilines is 2. The molecule has 1 fully saturated rings. The number of sulfonamides is 1. The van der Waals surface area contributed by atoms with Gasteiger partial charge in [-0.1, -0.05) is 29.0 Å². The van der Waals surface area contributed by atoms with Gasteiger partial charge in [-0.05, 0) is 44.1 Å². The second-order valence-electron chi connectivity index (χ2n) is 6.61. The SMILES string of the molecule is Cc1ccc(Nc2nn(CN3CCCC(NS(C)(=O)=O)C3)c(=S)s2)cc1. The number of nitrogens with zero attached hydrogens (tertiary/aromatic N) is 3. The van der Waals surface area contributed by atoms with Crippen molar-refractivity contribution in [3.05, 3.63) is 33.8 Å². The van der Waals surface area contributed by atoms with E-state index in [1.165, 1.54) is 23.2 Å². The maximum Gasteiger partial charge on any atom is 0.209 e. The lowest BCUT2D eigenvalue weighted by atomic mass is 10.1. The highest BCUT2D eigenvalue weighted by atomic mass is 32.2. The summed E-state index contributed by atoms with van der Waals surface area (Å²) in [7, 11) is -3.19. The molecule has 2 aromatic rings. The molecule has 1 aliphatic rings. The van der Waals surface area contributed by atoms with Crippen LogP contribution < -0.4 is 10.0 Å². The van der Waals surface area contributed by atoms with Crippen LogP contribution in [0.2, 0.25) is 0 Å². The third-order valence-corrected chi connectivity index (χ3v) is 6.11. The Morgan fingerprint density at radius 1 is 1.35 bits per heavy atom. The number of piperidine rings is 1. The number of rotatable bonds is 6. The van der Waals surface area contributed by atoms with Crippen molar-refractivity contribution in [2.75, 3.05) is 24.7 Å². The van der Waals surface area contributed by atoms with Gasteiger partial charge in [-0.2, -0.15) is 0 Å². The Morgan fingerprint density at radius 3 is 2.77 bits per heavy atom. The Kier molecular flexibility index (Phi) is 6.08. The van der Waals surface area contributed by atoms with E-state index in [9.17, 15) is 8.42 Å². The van der Waals surface area contributed by atoms with Gasteiger partial charge in [0.15, 0.2) is 3.95 Å². The molecule has 0 aliphatic carbocycles. The number of benzene rings is 1. The van der Waals surface area contributed by atoms with Gasteiger partial charge < -0.3 is 5.32 Å². The van der Waals surface area contributed by atoms with Crippen molar-refractivity contribution in [3.63, 3.8) is 0 Å². The summed E-state index contributed by atoms with van der Waals surface area (Å²) < 4.78 is 28.1.